The Morgan fingerprint density at radius 2 is 2.09 bits per heavy atom. The van der Waals surface area contributed by atoms with Crippen molar-refractivity contribution in [3.8, 4) is 0 Å². The number of pyridine rings is 1. The lowest BCUT2D eigenvalue weighted by molar-refractivity contribution is 0.0945. The molecule has 0 aromatic carbocycles. The average molecular weight is 318 g/mol. The van der Waals surface area contributed by atoms with Crippen LogP contribution in [0.1, 0.15) is 47.3 Å². The predicted molar refractivity (Wildman–Crippen MR) is 90.7 cm³/mol. The van der Waals surface area contributed by atoms with Gasteiger partial charge in [-0.15, -0.1) is 11.3 Å². The summed E-state index contributed by atoms with van der Waals surface area (Å²) in [6.07, 6.45) is 8.00. The van der Waals surface area contributed by atoms with E-state index in [4.69, 9.17) is 0 Å². The summed E-state index contributed by atoms with van der Waals surface area (Å²) < 4.78 is 2.43. The summed E-state index contributed by atoms with van der Waals surface area (Å²) in [4.78, 5) is 25.9. The zero-order chi connectivity index (χ0) is 15.7. The summed E-state index contributed by atoms with van der Waals surface area (Å²) in [5.41, 5.74) is 0.474. The molecule has 0 saturated heterocycles. The van der Waals surface area contributed by atoms with Gasteiger partial charge >= 0.3 is 0 Å². The second-order valence-corrected chi connectivity index (χ2v) is 7.47. The van der Waals surface area contributed by atoms with E-state index in [0.29, 0.717) is 16.9 Å². The van der Waals surface area contributed by atoms with Crippen molar-refractivity contribution in [3.63, 3.8) is 0 Å². The van der Waals surface area contributed by atoms with E-state index >= 15 is 0 Å². The Balaban J connectivity index is 1.85. The Bertz CT molecular complexity index is 754. The summed E-state index contributed by atoms with van der Waals surface area (Å²) in [7, 11) is 1.72. The van der Waals surface area contributed by atoms with Crippen LogP contribution in [0.4, 0.5) is 0 Å². The van der Waals surface area contributed by atoms with Crippen molar-refractivity contribution < 1.29 is 4.79 Å². The van der Waals surface area contributed by atoms with Crippen LogP contribution in [0.3, 0.4) is 0 Å². The van der Waals surface area contributed by atoms with Crippen LogP contribution in [-0.4, -0.2) is 17.0 Å². The van der Waals surface area contributed by atoms with Crippen LogP contribution < -0.4 is 10.9 Å². The molecular formula is C17H22N2O2S. The molecule has 0 spiro atoms. The highest BCUT2D eigenvalue weighted by atomic mass is 32.1. The molecule has 1 aliphatic carbocycles. The molecule has 2 aromatic heterocycles. The van der Waals surface area contributed by atoms with Gasteiger partial charge in [-0.3, -0.25) is 9.59 Å². The van der Waals surface area contributed by atoms with Gasteiger partial charge in [-0.2, -0.15) is 0 Å². The number of fused-ring (bicyclic) bond motifs is 1. The first-order valence-electron chi connectivity index (χ1n) is 7.95. The lowest BCUT2D eigenvalue weighted by Crippen LogP contribution is -2.31. The Hall–Kier alpha value is -1.62. The monoisotopic (exact) mass is 318 g/mol. The van der Waals surface area contributed by atoms with Crippen LogP contribution in [0.15, 0.2) is 17.1 Å². The molecule has 1 fully saturated rings. The summed E-state index contributed by atoms with van der Waals surface area (Å²) in [6.45, 7) is 2.64. The van der Waals surface area contributed by atoms with Gasteiger partial charge in [-0.25, -0.2) is 0 Å². The van der Waals surface area contributed by atoms with Gasteiger partial charge in [0.05, 0.1) is 10.9 Å². The van der Waals surface area contributed by atoms with Gasteiger partial charge in [0.15, 0.2) is 0 Å². The molecule has 3 rings (SSSR count). The summed E-state index contributed by atoms with van der Waals surface area (Å²) in [5, 5.41) is 3.62. The van der Waals surface area contributed by atoms with Crippen LogP contribution in [0, 0.1) is 12.8 Å². The molecule has 5 heteroatoms. The first kappa shape index (κ1) is 15.3. The summed E-state index contributed by atoms with van der Waals surface area (Å²) >= 11 is 1.52. The standard InChI is InChI=1S/C17H22N2O2S/c1-11-14(15-13(22-11)8-9-19(2)17(15)21)16(20)18-10-12-6-4-3-5-7-12/h8-9,12H,3-7,10H2,1-2H3,(H,18,20). The third kappa shape index (κ3) is 2.82. The van der Waals surface area contributed by atoms with E-state index in [0.717, 1.165) is 16.1 Å². The largest absolute Gasteiger partial charge is 0.352 e. The lowest BCUT2D eigenvalue weighted by Gasteiger charge is -2.21. The molecule has 1 saturated carbocycles. The molecule has 0 radical (unpaired) electrons. The number of aromatic nitrogens is 1. The fourth-order valence-electron chi connectivity index (χ4n) is 3.31. The molecule has 1 aliphatic rings. The van der Waals surface area contributed by atoms with Crippen LogP contribution >= 0.6 is 11.3 Å². The number of nitrogens with zero attached hydrogens (tertiary/aromatic N) is 1. The first-order chi connectivity index (χ1) is 10.6. The smallest absolute Gasteiger partial charge is 0.259 e. The van der Waals surface area contributed by atoms with Crippen molar-refractivity contribution in [1.82, 2.24) is 9.88 Å². The highest BCUT2D eigenvalue weighted by molar-refractivity contribution is 7.19. The van der Waals surface area contributed by atoms with Crippen molar-refractivity contribution in [2.75, 3.05) is 6.54 Å². The summed E-state index contributed by atoms with van der Waals surface area (Å²) in [5.74, 6) is 0.489. The van der Waals surface area contributed by atoms with Gasteiger partial charge in [-0.1, -0.05) is 19.3 Å². The molecule has 1 amide bonds. The van der Waals surface area contributed by atoms with Gasteiger partial charge in [0.1, 0.15) is 0 Å². The first-order valence-corrected chi connectivity index (χ1v) is 8.76. The second kappa shape index (κ2) is 6.24. The van der Waals surface area contributed by atoms with Gasteiger partial charge in [0.2, 0.25) is 0 Å². The maximum atomic E-state index is 12.6. The van der Waals surface area contributed by atoms with E-state index in [2.05, 4.69) is 5.32 Å². The number of carbonyl (C=O) groups is 1. The van der Waals surface area contributed by atoms with Crippen molar-refractivity contribution in [2.24, 2.45) is 13.0 Å². The lowest BCUT2D eigenvalue weighted by atomic mass is 9.89. The van der Waals surface area contributed by atoms with Gasteiger partial charge in [0.25, 0.3) is 11.5 Å². The molecule has 118 valence electrons. The van der Waals surface area contributed by atoms with Gasteiger partial charge < -0.3 is 9.88 Å². The molecule has 0 aliphatic heterocycles. The number of carbonyl (C=O) groups excluding carboxylic acids is 1. The number of amides is 1. The zero-order valence-corrected chi connectivity index (χ0v) is 14.0. The quantitative estimate of drug-likeness (QED) is 0.944. The minimum Gasteiger partial charge on any atom is -0.352 e. The fraction of sp³-hybridized carbons (Fsp3) is 0.529. The van der Waals surface area contributed by atoms with E-state index in [-0.39, 0.29) is 11.5 Å². The molecule has 1 N–H and O–H groups in total. The Labute approximate surface area is 134 Å². The van der Waals surface area contributed by atoms with Gasteiger partial charge in [0, 0.05) is 29.4 Å². The van der Waals surface area contributed by atoms with Crippen LogP contribution in [0.25, 0.3) is 10.1 Å². The molecule has 4 nitrogen and oxygen atoms in total. The van der Waals surface area contributed by atoms with Crippen molar-refractivity contribution in [1.29, 1.82) is 0 Å². The highest BCUT2D eigenvalue weighted by Crippen LogP contribution is 2.28. The number of aryl methyl sites for hydroxylation is 2. The third-order valence-corrected chi connectivity index (χ3v) is 5.67. The van der Waals surface area contributed by atoms with Gasteiger partial charge in [-0.05, 0) is 31.7 Å². The molecule has 0 bridgehead atoms. The maximum absolute atomic E-state index is 12.6. The molecule has 2 aromatic rings. The highest BCUT2D eigenvalue weighted by Gasteiger charge is 2.21. The predicted octanol–water partition coefficient (Wildman–Crippen LogP) is 3.22. The maximum Gasteiger partial charge on any atom is 0.259 e. The minimum absolute atomic E-state index is 0.0929. The molecule has 0 atom stereocenters. The topological polar surface area (TPSA) is 51.1 Å². The molecule has 2 heterocycles. The van der Waals surface area contributed by atoms with E-state index in [1.807, 2.05) is 13.0 Å². The Morgan fingerprint density at radius 3 is 2.82 bits per heavy atom. The SMILES string of the molecule is Cc1sc2ccn(C)c(=O)c2c1C(=O)NCC1CCCCC1. The third-order valence-electron chi connectivity index (χ3n) is 4.60. The van der Waals surface area contributed by atoms with Crippen LogP contribution in [0.2, 0.25) is 0 Å². The number of thiophene rings is 1. The van der Waals surface area contributed by atoms with Crippen LogP contribution in [-0.2, 0) is 7.05 Å². The Morgan fingerprint density at radius 1 is 1.36 bits per heavy atom. The number of nitrogens with one attached hydrogen (secondary N) is 1. The Kier molecular flexibility index (Phi) is 4.34. The molecule has 0 unspecified atom stereocenters. The summed E-state index contributed by atoms with van der Waals surface area (Å²) in [6, 6.07) is 1.91. The van der Waals surface area contributed by atoms with E-state index in [1.54, 1.807) is 13.2 Å². The normalized spacial score (nSPS) is 16.1. The molecular weight excluding hydrogens is 296 g/mol. The number of hydrogen-bond donors (Lipinski definition) is 1. The van der Waals surface area contributed by atoms with Crippen molar-refractivity contribution in [2.45, 2.75) is 39.0 Å². The molecule has 22 heavy (non-hydrogen) atoms. The minimum atomic E-state index is -0.0994. The number of rotatable bonds is 3. The van der Waals surface area contributed by atoms with Crippen molar-refractivity contribution >= 4 is 27.3 Å². The van der Waals surface area contributed by atoms with E-state index in [9.17, 15) is 9.59 Å². The van der Waals surface area contributed by atoms with Crippen LogP contribution in [0.5, 0.6) is 0 Å². The van der Waals surface area contributed by atoms with Crippen molar-refractivity contribution in [3.05, 3.63) is 33.1 Å². The number of hydrogen-bond acceptors (Lipinski definition) is 3. The van der Waals surface area contributed by atoms with E-state index in [1.165, 1.54) is 48.0 Å². The fourth-order valence-corrected chi connectivity index (χ4v) is 4.36. The average Bonchev–Trinajstić information content (AvgIpc) is 2.87. The zero-order valence-electron chi connectivity index (χ0n) is 13.1. The van der Waals surface area contributed by atoms with E-state index < -0.39 is 0 Å². The second-order valence-electron chi connectivity index (χ2n) is 6.22.